The van der Waals surface area contributed by atoms with Crippen molar-refractivity contribution >= 4 is 17.4 Å². The van der Waals surface area contributed by atoms with Crippen molar-refractivity contribution in [3.05, 3.63) is 34.9 Å². The number of benzene rings is 1. The van der Waals surface area contributed by atoms with Gasteiger partial charge in [0.2, 0.25) is 0 Å². The lowest BCUT2D eigenvalue weighted by Gasteiger charge is -2.32. The predicted molar refractivity (Wildman–Crippen MR) is 78.5 cm³/mol. The number of likely N-dealkylation sites (tertiary alicyclic amines) is 1. The van der Waals surface area contributed by atoms with E-state index in [1.807, 2.05) is 24.3 Å². The van der Waals surface area contributed by atoms with Crippen molar-refractivity contribution in [2.75, 3.05) is 19.6 Å². The van der Waals surface area contributed by atoms with Gasteiger partial charge in [-0.25, -0.2) is 0 Å². The largest absolute Gasteiger partial charge is 0.328 e. The monoisotopic (exact) mass is 280 g/mol. The normalized spacial score (nSPS) is 19.3. The Balaban J connectivity index is 2.04. The second-order valence-electron chi connectivity index (χ2n) is 5.35. The van der Waals surface area contributed by atoms with E-state index in [-0.39, 0.29) is 11.7 Å². The summed E-state index contributed by atoms with van der Waals surface area (Å²) in [5.41, 5.74) is 6.95. The molecule has 0 aromatic heterocycles. The zero-order chi connectivity index (χ0) is 13.8. The maximum absolute atomic E-state index is 11.9. The fraction of sp³-hybridized carbons (Fsp3) is 0.533. The molecule has 0 unspecified atom stereocenters. The van der Waals surface area contributed by atoms with Crippen LogP contribution in [0.2, 0.25) is 5.02 Å². The number of hydrogen-bond acceptors (Lipinski definition) is 3. The number of rotatable bonds is 4. The van der Waals surface area contributed by atoms with E-state index in [9.17, 15) is 4.79 Å². The molecule has 0 radical (unpaired) electrons. The minimum Gasteiger partial charge on any atom is -0.328 e. The van der Waals surface area contributed by atoms with Crippen LogP contribution in [0.4, 0.5) is 0 Å². The lowest BCUT2D eigenvalue weighted by Crippen LogP contribution is -2.42. The van der Waals surface area contributed by atoms with Crippen LogP contribution in [-0.2, 0) is 4.79 Å². The van der Waals surface area contributed by atoms with Crippen molar-refractivity contribution in [3.8, 4) is 0 Å². The molecule has 2 rings (SSSR count). The van der Waals surface area contributed by atoms with Gasteiger partial charge < -0.3 is 10.6 Å². The number of carbonyl (C=O) groups is 1. The van der Waals surface area contributed by atoms with Crippen molar-refractivity contribution in [1.82, 2.24) is 4.90 Å². The lowest BCUT2D eigenvalue weighted by atomic mass is 9.93. The van der Waals surface area contributed by atoms with Crippen LogP contribution in [0.1, 0.15) is 31.2 Å². The van der Waals surface area contributed by atoms with Crippen molar-refractivity contribution < 1.29 is 4.79 Å². The van der Waals surface area contributed by atoms with E-state index in [0.29, 0.717) is 11.1 Å². The van der Waals surface area contributed by atoms with Gasteiger partial charge in [0.05, 0.1) is 5.92 Å². The van der Waals surface area contributed by atoms with Crippen LogP contribution >= 0.6 is 11.6 Å². The lowest BCUT2D eigenvalue weighted by molar-refractivity contribution is -0.118. The Kier molecular flexibility index (Phi) is 4.97. The van der Waals surface area contributed by atoms with Gasteiger partial charge in [0.25, 0.3) is 0 Å². The quantitative estimate of drug-likeness (QED) is 0.921. The zero-order valence-electron chi connectivity index (χ0n) is 11.3. The van der Waals surface area contributed by atoms with Crippen LogP contribution < -0.4 is 5.73 Å². The molecular weight excluding hydrogens is 260 g/mol. The molecule has 2 N–H and O–H groups in total. The highest BCUT2D eigenvalue weighted by Crippen LogP contribution is 2.22. The van der Waals surface area contributed by atoms with Gasteiger partial charge in [-0.2, -0.15) is 0 Å². The van der Waals surface area contributed by atoms with Gasteiger partial charge in [-0.05, 0) is 50.6 Å². The fourth-order valence-corrected chi connectivity index (χ4v) is 2.68. The van der Waals surface area contributed by atoms with Crippen LogP contribution in [0.15, 0.2) is 24.3 Å². The molecule has 0 bridgehead atoms. The molecule has 0 saturated carbocycles. The average Bonchev–Trinajstić information content (AvgIpc) is 2.39. The van der Waals surface area contributed by atoms with Gasteiger partial charge >= 0.3 is 0 Å². The second kappa shape index (κ2) is 6.51. The standard InChI is InChI=1S/C15H21ClN2O/c1-11(19)15(12-2-4-13(16)5-3-12)10-18-8-6-14(17)7-9-18/h2-5,14-15H,6-10,17H2,1H3/t15-/m0/s1. The van der Waals surface area contributed by atoms with E-state index >= 15 is 0 Å². The molecule has 3 nitrogen and oxygen atoms in total. The number of piperidine rings is 1. The minimum atomic E-state index is -0.0633. The molecule has 1 atom stereocenters. The smallest absolute Gasteiger partial charge is 0.138 e. The van der Waals surface area contributed by atoms with Gasteiger partial charge in [-0.3, -0.25) is 4.79 Å². The maximum Gasteiger partial charge on any atom is 0.138 e. The summed E-state index contributed by atoms with van der Waals surface area (Å²) in [5.74, 6) is 0.142. The SMILES string of the molecule is CC(=O)[C@H](CN1CCC(N)CC1)c1ccc(Cl)cc1. The molecule has 1 aromatic rings. The first-order chi connectivity index (χ1) is 9.06. The van der Waals surface area contributed by atoms with Gasteiger partial charge in [0.1, 0.15) is 5.78 Å². The minimum absolute atomic E-state index is 0.0633. The number of nitrogens with two attached hydrogens (primary N) is 1. The van der Waals surface area contributed by atoms with Crippen molar-refractivity contribution in [2.24, 2.45) is 5.73 Å². The highest BCUT2D eigenvalue weighted by molar-refractivity contribution is 6.30. The number of Topliss-reactive ketones (excluding diaryl/α,β-unsaturated/α-hetero) is 1. The summed E-state index contributed by atoms with van der Waals surface area (Å²) in [6, 6.07) is 7.91. The van der Waals surface area contributed by atoms with Gasteiger partial charge in [0, 0.05) is 17.6 Å². The van der Waals surface area contributed by atoms with E-state index in [2.05, 4.69) is 4.90 Å². The number of nitrogens with zero attached hydrogens (tertiary/aromatic N) is 1. The summed E-state index contributed by atoms with van der Waals surface area (Å²) < 4.78 is 0. The molecule has 1 saturated heterocycles. The number of halogens is 1. The zero-order valence-corrected chi connectivity index (χ0v) is 12.1. The van der Waals surface area contributed by atoms with Crippen LogP contribution in [0.5, 0.6) is 0 Å². The third-order valence-corrected chi connectivity index (χ3v) is 4.09. The van der Waals surface area contributed by atoms with E-state index in [4.69, 9.17) is 17.3 Å². The number of hydrogen-bond donors (Lipinski definition) is 1. The second-order valence-corrected chi connectivity index (χ2v) is 5.79. The van der Waals surface area contributed by atoms with Crippen LogP contribution in [0.3, 0.4) is 0 Å². The maximum atomic E-state index is 11.9. The molecule has 1 aromatic carbocycles. The predicted octanol–water partition coefficient (Wildman–Crippen LogP) is 2.44. The molecule has 0 aliphatic carbocycles. The third kappa shape index (κ3) is 4.03. The molecule has 1 aliphatic heterocycles. The van der Waals surface area contributed by atoms with E-state index < -0.39 is 0 Å². The first kappa shape index (κ1) is 14.5. The number of carbonyl (C=O) groups excluding carboxylic acids is 1. The molecule has 1 fully saturated rings. The summed E-state index contributed by atoms with van der Waals surface area (Å²) in [6.07, 6.45) is 2.04. The molecule has 0 amide bonds. The topological polar surface area (TPSA) is 46.3 Å². The Labute approximate surface area is 119 Å². The molecule has 1 heterocycles. The first-order valence-corrected chi connectivity index (χ1v) is 7.18. The first-order valence-electron chi connectivity index (χ1n) is 6.80. The fourth-order valence-electron chi connectivity index (χ4n) is 2.56. The molecule has 104 valence electrons. The van der Waals surface area contributed by atoms with Crippen molar-refractivity contribution in [3.63, 3.8) is 0 Å². The summed E-state index contributed by atoms with van der Waals surface area (Å²) in [4.78, 5) is 14.2. The molecule has 1 aliphatic rings. The Hall–Kier alpha value is -0.900. The Bertz CT molecular complexity index is 424. The van der Waals surface area contributed by atoms with Gasteiger partial charge in [-0.15, -0.1) is 0 Å². The highest BCUT2D eigenvalue weighted by Gasteiger charge is 2.23. The number of ketones is 1. The van der Waals surface area contributed by atoms with Gasteiger partial charge in [-0.1, -0.05) is 23.7 Å². The highest BCUT2D eigenvalue weighted by atomic mass is 35.5. The van der Waals surface area contributed by atoms with Crippen molar-refractivity contribution in [1.29, 1.82) is 0 Å². The van der Waals surface area contributed by atoms with E-state index in [1.165, 1.54) is 0 Å². The summed E-state index contributed by atoms with van der Waals surface area (Å²) in [7, 11) is 0. The Morgan fingerprint density at radius 3 is 2.47 bits per heavy atom. The van der Waals surface area contributed by atoms with E-state index in [1.54, 1.807) is 6.92 Å². The van der Waals surface area contributed by atoms with Crippen LogP contribution in [0.25, 0.3) is 0 Å². The summed E-state index contributed by atoms with van der Waals surface area (Å²) in [5, 5.41) is 0.704. The molecule has 19 heavy (non-hydrogen) atoms. The summed E-state index contributed by atoms with van der Waals surface area (Å²) >= 11 is 5.89. The van der Waals surface area contributed by atoms with Crippen molar-refractivity contribution in [2.45, 2.75) is 31.7 Å². The molecular formula is C15H21ClN2O. The summed E-state index contributed by atoms with van der Waals surface area (Å²) in [6.45, 7) is 4.41. The Morgan fingerprint density at radius 2 is 1.95 bits per heavy atom. The van der Waals surface area contributed by atoms with E-state index in [0.717, 1.165) is 38.0 Å². The van der Waals surface area contributed by atoms with Crippen LogP contribution in [-0.4, -0.2) is 36.4 Å². The third-order valence-electron chi connectivity index (χ3n) is 3.84. The Morgan fingerprint density at radius 1 is 1.37 bits per heavy atom. The van der Waals surface area contributed by atoms with Crippen LogP contribution in [0, 0.1) is 0 Å². The average molecular weight is 281 g/mol. The van der Waals surface area contributed by atoms with Gasteiger partial charge in [0.15, 0.2) is 0 Å². The molecule has 0 spiro atoms. The molecule has 4 heteroatoms.